The van der Waals surface area contributed by atoms with Crippen LogP contribution in [0.3, 0.4) is 0 Å². The summed E-state index contributed by atoms with van der Waals surface area (Å²) in [5.41, 5.74) is 7.01. The van der Waals surface area contributed by atoms with Gasteiger partial charge in [0.15, 0.2) is 0 Å². The minimum Gasteiger partial charge on any atom is -0.338 e. The number of aryl methyl sites for hydroxylation is 1. The Morgan fingerprint density at radius 1 is 1.13 bits per heavy atom. The fourth-order valence-corrected chi connectivity index (χ4v) is 2.12. The number of benzene rings is 2. The maximum atomic E-state index is 8.67. The molecule has 0 saturated heterocycles. The summed E-state index contributed by atoms with van der Waals surface area (Å²) in [7, 11) is 0. The molecule has 23 heavy (non-hydrogen) atoms. The van der Waals surface area contributed by atoms with Crippen LogP contribution in [-0.4, -0.2) is 15.7 Å². The third-order valence-electron chi connectivity index (χ3n) is 3.32. The van der Waals surface area contributed by atoms with Crippen molar-refractivity contribution >= 4 is 22.4 Å². The quantitative estimate of drug-likeness (QED) is 0.572. The average Bonchev–Trinajstić information content (AvgIpc) is 2.99. The van der Waals surface area contributed by atoms with Crippen LogP contribution in [0.5, 0.6) is 0 Å². The van der Waals surface area contributed by atoms with Crippen LogP contribution in [0.25, 0.3) is 22.4 Å². The molecule has 2 N–H and O–H groups in total. The monoisotopic (exact) mass is 300 g/mol. The van der Waals surface area contributed by atoms with Gasteiger partial charge in [-0.2, -0.15) is 15.6 Å². The minimum atomic E-state index is -0.227. The van der Waals surface area contributed by atoms with Gasteiger partial charge in [-0.3, -0.25) is 5.43 Å². The van der Waals surface area contributed by atoms with Crippen LogP contribution in [0.15, 0.2) is 47.6 Å². The van der Waals surface area contributed by atoms with Crippen LogP contribution in [0.1, 0.15) is 5.56 Å². The Kier molecular flexibility index (Phi) is 3.73. The Morgan fingerprint density at radius 3 is 2.57 bits per heavy atom. The molecular weight excluding hydrogens is 288 g/mol. The first kappa shape index (κ1) is 14.3. The topological polar surface area (TPSA) is 101 Å². The van der Waals surface area contributed by atoms with Crippen LogP contribution in [0, 0.1) is 29.6 Å². The van der Waals surface area contributed by atoms with Gasteiger partial charge in [0, 0.05) is 5.56 Å². The van der Waals surface area contributed by atoms with Crippen LogP contribution in [0.2, 0.25) is 0 Å². The summed E-state index contributed by atoms with van der Waals surface area (Å²) in [6.07, 6.45) is 0. The summed E-state index contributed by atoms with van der Waals surface area (Å²) in [4.78, 5) is 7.82. The average molecular weight is 300 g/mol. The third kappa shape index (κ3) is 3.02. The van der Waals surface area contributed by atoms with Crippen molar-refractivity contribution < 1.29 is 0 Å². The summed E-state index contributed by atoms with van der Waals surface area (Å²) in [5.74, 6) is 0.787. The molecule has 0 fully saturated rings. The lowest BCUT2D eigenvalue weighted by Gasteiger charge is -1.98. The fraction of sp³-hybridized carbons (Fsp3) is 0.0588. The molecule has 0 amide bonds. The standard InChI is InChI=1S/C17H12N6/c1-11-2-4-12(5-3-11)17-20-15-7-6-13(8-16(15)21-17)22-23-14(9-18)10-19/h2-8,22H,1H3,(H,20,21). The van der Waals surface area contributed by atoms with E-state index < -0.39 is 0 Å². The van der Waals surface area contributed by atoms with E-state index in [1.807, 2.05) is 43.3 Å². The van der Waals surface area contributed by atoms with Gasteiger partial charge in [-0.25, -0.2) is 4.98 Å². The normalized spacial score (nSPS) is 9.87. The second kappa shape index (κ2) is 6.00. The molecule has 0 saturated carbocycles. The van der Waals surface area contributed by atoms with Crippen molar-refractivity contribution in [3.8, 4) is 23.5 Å². The number of aromatic nitrogens is 2. The highest BCUT2D eigenvalue weighted by atomic mass is 15.3. The van der Waals surface area contributed by atoms with Gasteiger partial charge in [0.1, 0.15) is 18.0 Å². The van der Waals surface area contributed by atoms with Gasteiger partial charge in [0.25, 0.3) is 0 Å². The van der Waals surface area contributed by atoms with E-state index >= 15 is 0 Å². The zero-order chi connectivity index (χ0) is 16.2. The molecule has 0 bridgehead atoms. The molecule has 0 atom stereocenters. The molecule has 0 aliphatic carbocycles. The van der Waals surface area contributed by atoms with Crippen molar-refractivity contribution in [2.75, 3.05) is 5.43 Å². The molecule has 3 aromatic rings. The van der Waals surface area contributed by atoms with Crippen molar-refractivity contribution in [2.45, 2.75) is 6.92 Å². The van der Waals surface area contributed by atoms with Crippen LogP contribution in [0.4, 0.5) is 5.69 Å². The van der Waals surface area contributed by atoms with Crippen molar-refractivity contribution in [3.63, 3.8) is 0 Å². The molecule has 2 aromatic carbocycles. The van der Waals surface area contributed by atoms with E-state index in [0.29, 0.717) is 5.69 Å². The second-order valence-electron chi connectivity index (χ2n) is 4.98. The number of nitrogens with zero attached hydrogens (tertiary/aromatic N) is 4. The molecule has 3 rings (SSSR count). The summed E-state index contributed by atoms with van der Waals surface area (Å²) < 4.78 is 0. The first-order chi connectivity index (χ1) is 11.2. The van der Waals surface area contributed by atoms with Gasteiger partial charge < -0.3 is 4.98 Å². The highest BCUT2D eigenvalue weighted by Crippen LogP contribution is 2.23. The predicted octanol–water partition coefficient (Wildman–Crippen LogP) is 3.35. The first-order valence-corrected chi connectivity index (χ1v) is 6.90. The summed E-state index contributed by atoms with van der Waals surface area (Å²) in [6, 6.07) is 17.0. The highest BCUT2D eigenvalue weighted by Gasteiger charge is 2.06. The van der Waals surface area contributed by atoms with E-state index in [2.05, 4.69) is 20.5 Å². The van der Waals surface area contributed by atoms with Crippen LogP contribution >= 0.6 is 0 Å². The van der Waals surface area contributed by atoms with Crippen molar-refractivity contribution in [1.82, 2.24) is 9.97 Å². The SMILES string of the molecule is Cc1ccc(-c2nc3ccc(NN=C(C#N)C#N)cc3[nH]2)cc1. The van der Waals surface area contributed by atoms with Gasteiger partial charge in [0.05, 0.1) is 16.7 Å². The number of imidazole rings is 1. The van der Waals surface area contributed by atoms with Crippen molar-refractivity contribution in [1.29, 1.82) is 10.5 Å². The van der Waals surface area contributed by atoms with Crippen LogP contribution in [-0.2, 0) is 0 Å². The van der Waals surface area contributed by atoms with E-state index in [1.54, 1.807) is 18.2 Å². The van der Waals surface area contributed by atoms with E-state index in [1.165, 1.54) is 5.56 Å². The highest BCUT2D eigenvalue weighted by molar-refractivity contribution is 6.10. The Labute approximate surface area is 132 Å². The molecule has 0 spiro atoms. The van der Waals surface area contributed by atoms with Crippen molar-refractivity contribution in [3.05, 3.63) is 48.0 Å². The van der Waals surface area contributed by atoms with Gasteiger partial charge in [-0.1, -0.05) is 29.8 Å². The molecule has 110 valence electrons. The Morgan fingerprint density at radius 2 is 1.87 bits per heavy atom. The van der Waals surface area contributed by atoms with Gasteiger partial charge in [-0.15, -0.1) is 0 Å². The largest absolute Gasteiger partial charge is 0.338 e. The molecule has 0 unspecified atom stereocenters. The zero-order valence-electron chi connectivity index (χ0n) is 12.3. The first-order valence-electron chi connectivity index (χ1n) is 6.90. The predicted molar refractivity (Wildman–Crippen MR) is 88.6 cm³/mol. The van der Waals surface area contributed by atoms with Gasteiger partial charge in [-0.05, 0) is 25.1 Å². The number of H-pyrrole nitrogens is 1. The molecular formula is C17H12N6. The van der Waals surface area contributed by atoms with E-state index in [4.69, 9.17) is 10.5 Å². The minimum absolute atomic E-state index is 0.227. The Balaban J connectivity index is 1.92. The fourth-order valence-electron chi connectivity index (χ4n) is 2.12. The number of nitriles is 2. The van der Waals surface area contributed by atoms with Crippen molar-refractivity contribution in [2.24, 2.45) is 5.10 Å². The number of rotatable bonds is 3. The lowest BCUT2D eigenvalue weighted by molar-refractivity contribution is 1.33. The summed E-state index contributed by atoms with van der Waals surface area (Å²) in [6.45, 7) is 2.04. The van der Waals surface area contributed by atoms with E-state index in [-0.39, 0.29) is 5.71 Å². The summed E-state index contributed by atoms with van der Waals surface area (Å²) >= 11 is 0. The second-order valence-corrected chi connectivity index (χ2v) is 4.98. The molecule has 1 heterocycles. The number of nitrogens with one attached hydrogen (secondary N) is 2. The summed E-state index contributed by atoms with van der Waals surface area (Å²) in [5, 5.41) is 21.1. The lowest BCUT2D eigenvalue weighted by Crippen LogP contribution is -1.96. The Hall–Kier alpha value is -3.64. The number of fused-ring (bicyclic) bond motifs is 1. The maximum absolute atomic E-state index is 8.67. The molecule has 0 radical (unpaired) electrons. The molecule has 6 nitrogen and oxygen atoms in total. The number of aromatic amines is 1. The van der Waals surface area contributed by atoms with Crippen LogP contribution < -0.4 is 5.43 Å². The van der Waals surface area contributed by atoms with E-state index in [0.717, 1.165) is 22.4 Å². The molecule has 6 heteroatoms. The molecule has 0 aliphatic rings. The number of hydrogen-bond donors (Lipinski definition) is 2. The number of hydrazone groups is 1. The van der Waals surface area contributed by atoms with Gasteiger partial charge in [0.2, 0.25) is 5.71 Å². The van der Waals surface area contributed by atoms with Gasteiger partial charge >= 0.3 is 0 Å². The lowest BCUT2D eigenvalue weighted by atomic mass is 10.1. The van der Waals surface area contributed by atoms with E-state index in [9.17, 15) is 0 Å². The third-order valence-corrected chi connectivity index (χ3v) is 3.32. The number of hydrogen-bond acceptors (Lipinski definition) is 5. The maximum Gasteiger partial charge on any atom is 0.237 e. The smallest absolute Gasteiger partial charge is 0.237 e. The Bertz CT molecular complexity index is 951. The molecule has 1 aromatic heterocycles. The zero-order valence-corrected chi connectivity index (χ0v) is 12.3. The molecule has 0 aliphatic heterocycles. The number of anilines is 1.